The van der Waals surface area contributed by atoms with E-state index in [2.05, 4.69) is 10.1 Å². The minimum Gasteiger partial charge on any atom is -0.480 e. The molecule has 7 nitrogen and oxygen atoms in total. The summed E-state index contributed by atoms with van der Waals surface area (Å²) in [6.07, 6.45) is 0.991. The topological polar surface area (TPSA) is 119 Å². The zero-order valence-electron chi connectivity index (χ0n) is 11.3. The molecule has 0 rings (SSSR count). The molecule has 8 heteroatoms. The summed E-state index contributed by atoms with van der Waals surface area (Å²) in [6.45, 7) is 3.51. The van der Waals surface area contributed by atoms with Gasteiger partial charge in [0.1, 0.15) is 18.0 Å². The molecule has 0 aromatic carbocycles. The van der Waals surface area contributed by atoms with Crippen LogP contribution in [0.5, 0.6) is 0 Å². The highest BCUT2D eigenvalue weighted by Crippen LogP contribution is 1.93. The van der Waals surface area contributed by atoms with Gasteiger partial charge < -0.3 is 20.9 Å². The lowest BCUT2D eigenvalue weighted by Crippen LogP contribution is -2.41. The predicted molar refractivity (Wildman–Crippen MR) is 70.9 cm³/mol. The van der Waals surface area contributed by atoms with Crippen molar-refractivity contribution < 1.29 is 24.2 Å². The normalized spacial score (nSPS) is 12.5. The molecule has 0 radical (unpaired) electrons. The van der Waals surface area contributed by atoms with Crippen LogP contribution in [-0.2, 0) is 19.1 Å². The maximum atomic E-state index is 10.9. The number of esters is 1. The molecule has 0 heterocycles. The second-order valence-electron chi connectivity index (χ2n) is 3.54. The van der Waals surface area contributed by atoms with Crippen molar-refractivity contribution in [1.29, 1.82) is 0 Å². The standard InChI is InChI=1S/C7H12ClNO3.C4H9NO2/c1-3-5(7(11)12-2)9-6(10)4-8;1-2-3(5)4(6)7/h5H,3-4H2,1-2H3,(H,9,10);3H,2,5H2,1H3,(H,6,7). The Balaban J connectivity index is 0. The number of alkyl halides is 1. The van der Waals surface area contributed by atoms with Gasteiger partial charge in [-0.15, -0.1) is 11.6 Å². The zero-order chi connectivity index (χ0) is 15.4. The van der Waals surface area contributed by atoms with Crippen molar-refractivity contribution in [2.45, 2.75) is 38.8 Å². The van der Waals surface area contributed by atoms with Crippen molar-refractivity contribution in [3.05, 3.63) is 0 Å². The number of halogens is 1. The van der Waals surface area contributed by atoms with E-state index in [1.54, 1.807) is 13.8 Å². The number of carbonyl (C=O) groups is 3. The quantitative estimate of drug-likeness (QED) is 0.472. The number of hydrogen-bond acceptors (Lipinski definition) is 5. The Kier molecular flexibility index (Phi) is 12.3. The average Bonchev–Trinajstić information content (AvgIpc) is 2.42. The average molecular weight is 297 g/mol. The van der Waals surface area contributed by atoms with Crippen LogP contribution in [0.4, 0.5) is 0 Å². The van der Waals surface area contributed by atoms with Crippen molar-refractivity contribution in [3.63, 3.8) is 0 Å². The Labute approximate surface area is 117 Å². The molecule has 19 heavy (non-hydrogen) atoms. The van der Waals surface area contributed by atoms with E-state index in [0.717, 1.165) is 0 Å². The molecule has 2 unspecified atom stereocenters. The number of carboxylic acid groups (broad SMARTS) is 1. The fraction of sp³-hybridized carbons (Fsp3) is 0.727. The Morgan fingerprint density at radius 2 is 1.84 bits per heavy atom. The number of hydrogen-bond donors (Lipinski definition) is 3. The van der Waals surface area contributed by atoms with Crippen molar-refractivity contribution >= 4 is 29.4 Å². The van der Waals surface area contributed by atoms with E-state index in [4.69, 9.17) is 22.4 Å². The molecule has 0 aliphatic carbocycles. The van der Waals surface area contributed by atoms with Crippen molar-refractivity contribution in [3.8, 4) is 0 Å². The van der Waals surface area contributed by atoms with Gasteiger partial charge in [-0.05, 0) is 12.8 Å². The SMILES string of the molecule is CCC(N)C(=O)O.CCC(NC(=O)CCl)C(=O)OC. The highest BCUT2D eigenvalue weighted by atomic mass is 35.5. The van der Waals surface area contributed by atoms with Crippen LogP contribution in [0, 0.1) is 0 Å². The van der Waals surface area contributed by atoms with E-state index in [1.165, 1.54) is 7.11 Å². The van der Waals surface area contributed by atoms with Crippen LogP contribution in [0.1, 0.15) is 26.7 Å². The molecule has 0 aliphatic heterocycles. The van der Waals surface area contributed by atoms with Gasteiger partial charge in [-0.25, -0.2) is 4.79 Å². The Bertz CT molecular complexity index is 299. The first kappa shape index (κ1) is 20.0. The summed E-state index contributed by atoms with van der Waals surface area (Å²) >= 11 is 5.24. The fourth-order valence-corrected chi connectivity index (χ4v) is 0.955. The zero-order valence-corrected chi connectivity index (χ0v) is 12.1. The van der Waals surface area contributed by atoms with Crippen molar-refractivity contribution in [2.24, 2.45) is 5.73 Å². The number of carboxylic acids is 1. The number of nitrogens with one attached hydrogen (secondary N) is 1. The van der Waals surface area contributed by atoms with E-state index in [1.807, 2.05) is 0 Å². The molecular weight excluding hydrogens is 276 g/mol. The lowest BCUT2D eigenvalue weighted by atomic mass is 10.2. The first-order valence-corrected chi connectivity index (χ1v) is 6.28. The smallest absolute Gasteiger partial charge is 0.328 e. The highest BCUT2D eigenvalue weighted by molar-refractivity contribution is 6.27. The first-order valence-electron chi connectivity index (χ1n) is 5.75. The Hall–Kier alpha value is -1.34. The maximum absolute atomic E-state index is 10.9. The number of ether oxygens (including phenoxy) is 1. The number of amides is 1. The summed E-state index contributed by atoms with van der Waals surface area (Å²) in [5.41, 5.74) is 5.02. The van der Waals surface area contributed by atoms with Crippen molar-refractivity contribution in [1.82, 2.24) is 5.32 Å². The molecule has 0 fully saturated rings. The van der Waals surface area contributed by atoms with Gasteiger partial charge in [-0.2, -0.15) is 0 Å². The summed E-state index contributed by atoms with van der Waals surface area (Å²) in [4.78, 5) is 31.5. The van der Waals surface area contributed by atoms with Crippen LogP contribution in [0.2, 0.25) is 0 Å². The molecule has 0 aromatic rings. The molecule has 0 aliphatic rings. The second-order valence-corrected chi connectivity index (χ2v) is 3.81. The van der Waals surface area contributed by atoms with Gasteiger partial charge in [0.15, 0.2) is 0 Å². The van der Waals surface area contributed by atoms with Gasteiger partial charge in [0.2, 0.25) is 5.91 Å². The molecule has 0 saturated heterocycles. The maximum Gasteiger partial charge on any atom is 0.328 e. The molecule has 0 spiro atoms. The molecule has 2 atom stereocenters. The van der Waals surface area contributed by atoms with Crippen LogP contribution >= 0.6 is 11.6 Å². The minimum atomic E-state index is -0.928. The van der Waals surface area contributed by atoms with Crippen LogP contribution in [0.25, 0.3) is 0 Å². The highest BCUT2D eigenvalue weighted by Gasteiger charge is 2.18. The van der Waals surface area contributed by atoms with Gasteiger partial charge >= 0.3 is 11.9 Å². The van der Waals surface area contributed by atoms with E-state index in [-0.39, 0.29) is 11.8 Å². The summed E-state index contributed by atoms with van der Waals surface area (Å²) in [5.74, 6) is -1.89. The van der Waals surface area contributed by atoms with Crippen LogP contribution < -0.4 is 11.1 Å². The van der Waals surface area contributed by atoms with E-state index < -0.39 is 24.0 Å². The van der Waals surface area contributed by atoms with E-state index >= 15 is 0 Å². The Morgan fingerprint density at radius 1 is 1.32 bits per heavy atom. The van der Waals surface area contributed by atoms with E-state index in [0.29, 0.717) is 12.8 Å². The molecule has 4 N–H and O–H groups in total. The van der Waals surface area contributed by atoms with Gasteiger partial charge in [-0.3, -0.25) is 9.59 Å². The number of nitrogens with two attached hydrogens (primary N) is 1. The number of rotatable bonds is 6. The lowest BCUT2D eigenvalue weighted by molar-refractivity contribution is -0.144. The molecule has 112 valence electrons. The summed E-state index contributed by atoms with van der Waals surface area (Å²) < 4.78 is 4.45. The summed E-state index contributed by atoms with van der Waals surface area (Å²) in [6, 6.07) is -1.26. The second kappa shape index (κ2) is 11.7. The number of aliphatic carboxylic acids is 1. The monoisotopic (exact) mass is 296 g/mol. The van der Waals surface area contributed by atoms with E-state index in [9.17, 15) is 14.4 Å². The third-order valence-electron chi connectivity index (χ3n) is 2.11. The minimum absolute atomic E-state index is 0.145. The third kappa shape index (κ3) is 10.3. The van der Waals surface area contributed by atoms with Crippen molar-refractivity contribution in [2.75, 3.05) is 13.0 Å². The van der Waals surface area contributed by atoms with Crippen LogP contribution in [0.15, 0.2) is 0 Å². The van der Waals surface area contributed by atoms with Crippen LogP contribution in [0.3, 0.4) is 0 Å². The number of carbonyl (C=O) groups excluding carboxylic acids is 2. The summed E-state index contributed by atoms with van der Waals surface area (Å²) in [7, 11) is 1.28. The predicted octanol–water partition coefficient (Wildman–Crippen LogP) is 0.101. The first-order chi connectivity index (χ1) is 8.83. The Morgan fingerprint density at radius 3 is 2.05 bits per heavy atom. The number of methoxy groups -OCH3 is 1. The largest absolute Gasteiger partial charge is 0.480 e. The molecule has 1 amide bonds. The molecule has 0 aromatic heterocycles. The fourth-order valence-electron chi connectivity index (χ4n) is 0.877. The van der Waals surface area contributed by atoms with Crippen LogP contribution in [-0.4, -0.2) is 48.0 Å². The van der Waals surface area contributed by atoms with Gasteiger partial charge in [0.25, 0.3) is 0 Å². The molecule has 0 saturated carbocycles. The van der Waals surface area contributed by atoms with Gasteiger partial charge in [0, 0.05) is 0 Å². The third-order valence-corrected chi connectivity index (χ3v) is 2.35. The molecular formula is C11H21ClN2O5. The van der Waals surface area contributed by atoms with Gasteiger partial charge in [0.05, 0.1) is 7.11 Å². The summed E-state index contributed by atoms with van der Waals surface area (Å²) in [5, 5.41) is 10.5. The van der Waals surface area contributed by atoms with Gasteiger partial charge in [-0.1, -0.05) is 13.8 Å². The lowest BCUT2D eigenvalue weighted by Gasteiger charge is -2.12. The molecule has 0 bridgehead atoms.